The number of hydrogen-bond acceptors (Lipinski definition) is 4. The number of ether oxygens (including phenoxy) is 1. The Hall–Kier alpha value is 0.230. The Bertz CT molecular complexity index is 145. The summed E-state index contributed by atoms with van der Waals surface area (Å²) in [7, 11) is 1.68. The minimum absolute atomic E-state index is 0.256. The van der Waals surface area contributed by atoms with Crippen LogP contribution in [0.1, 0.15) is 20.8 Å². The van der Waals surface area contributed by atoms with Crippen LogP contribution in [0.25, 0.3) is 0 Å². The lowest BCUT2D eigenvalue weighted by molar-refractivity contribution is 0.175. The standard InChI is InChI=1S/C11H25NO2S/c1-9(2)10(3)15-8-11(13)7-12-5-6-14-4/h9-13H,5-8H2,1-4H3. The summed E-state index contributed by atoms with van der Waals surface area (Å²) in [4.78, 5) is 0. The average molecular weight is 235 g/mol. The molecule has 0 saturated carbocycles. The van der Waals surface area contributed by atoms with Crippen molar-refractivity contribution in [3.05, 3.63) is 0 Å². The molecule has 2 atom stereocenters. The van der Waals surface area contributed by atoms with Gasteiger partial charge in [0.1, 0.15) is 0 Å². The van der Waals surface area contributed by atoms with Crippen molar-refractivity contribution in [2.45, 2.75) is 32.1 Å². The first kappa shape index (κ1) is 15.2. The van der Waals surface area contributed by atoms with E-state index in [0.717, 1.165) is 12.3 Å². The summed E-state index contributed by atoms with van der Waals surface area (Å²) in [6.45, 7) is 8.78. The predicted molar refractivity (Wildman–Crippen MR) is 67.5 cm³/mol. The van der Waals surface area contributed by atoms with Crippen molar-refractivity contribution in [3.63, 3.8) is 0 Å². The van der Waals surface area contributed by atoms with E-state index in [4.69, 9.17) is 4.74 Å². The molecule has 0 amide bonds. The van der Waals surface area contributed by atoms with Gasteiger partial charge >= 0.3 is 0 Å². The normalized spacial score (nSPS) is 15.6. The van der Waals surface area contributed by atoms with Gasteiger partial charge < -0.3 is 15.2 Å². The smallest absolute Gasteiger partial charge is 0.0754 e. The molecule has 2 unspecified atom stereocenters. The monoisotopic (exact) mass is 235 g/mol. The molecule has 0 rings (SSSR count). The van der Waals surface area contributed by atoms with Gasteiger partial charge in [-0.1, -0.05) is 20.8 Å². The SMILES string of the molecule is COCCNCC(O)CSC(C)C(C)C. The van der Waals surface area contributed by atoms with Crippen LogP contribution in [0.5, 0.6) is 0 Å². The number of rotatable bonds is 9. The molecule has 3 nitrogen and oxygen atoms in total. The van der Waals surface area contributed by atoms with Crippen LogP contribution in [-0.4, -0.2) is 49.0 Å². The molecule has 0 aromatic heterocycles. The van der Waals surface area contributed by atoms with E-state index in [-0.39, 0.29) is 6.10 Å². The van der Waals surface area contributed by atoms with Crippen molar-refractivity contribution in [1.82, 2.24) is 5.32 Å². The lowest BCUT2D eigenvalue weighted by atomic mass is 10.2. The van der Waals surface area contributed by atoms with E-state index in [9.17, 15) is 5.11 Å². The fraction of sp³-hybridized carbons (Fsp3) is 1.00. The quantitative estimate of drug-likeness (QED) is 0.592. The van der Waals surface area contributed by atoms with Gasteiger partial charge in [0.25, 0.3) is 0 Å². The van der Waals surface area contributed by atoms with Gasteiger partial charge in [-0.15, -0.1) is 0 Å². The van der Waals surface area contributed by atoms with Crippen molar-refractivity contribution < 1.29 is 9.84 Å². The van der Waals surface area contributed by atoms with Gasteiger partial charge in [0, 0.05) is 31.2 Å². The van der Waals surface area contributed by atoms with Crippen LogP contribution in [0.15, 0.2) is 0 Å². The molecule has 0 radical (unpaired) electrons. The first-order valence-corrected chi connectivity index (χ1v) is 6.62. The fourth-order valence-corrected chi connectivity index (χ4v) is 1.99. The highest BCUT2D eigenvalue weighted by atomic mass is 32.2. The third kappa shape index (κ3) is 9.18. The molecule has 0 aliphatic carbocycles. The molecule has 92 valence electrons. The highest BCUT2D eigenvalue weighted by molar-refractivity contribution is 7.99. The van der Waals surface area contributed by atoms with Gasteiger partial charge in [0.15, 0.2) is 0 Å². The van der Waals surface area contributed by atoms with Gasteiger partial charge in [0.2, 0.25) is 0 Å². The second-order valence-corrected chi connectivity index (χ2v) is 5.54. The second kappa shape index (κ2) is 9.46. The first-order valence-electron chi connectivity index (χ1n) is 5.57. The topological polar surface area (TPSA) is 41.5 Å². The molecule has 0 aliphatic rings. The molecule has 0 bridgehead atoms. The van der Waals surface area contributed by atoms with Gasteiger partial charge in [-0.25, -0.2) is 0 Å². The summed E-state index contributed by atoms with van der Waals surface area (Å²) >= 11 is 1.84. The maximum Gasteiger partial charge on any atom is 0.0754 e. The van der Waals surface area contributed by atoms with Crippen LogP contribution in [0.4, 0.5) is 0 Å². The molecule has 0 heterocycles. The number of thioether (sulfide) groups is 1. The third-order valence-corrected chi connectivity index (χ3v) is 4.00. The lowest BCUT2D eigenvalue weighted by Gasteiger charge is -2.17. The largest absolute Gasteiger partial charge is 0.391 e. The van der Waals surface area contributed by atoms with Gasteiger partial charge in [-0.05, 0) is 5.92 Å². The molecular formula is C11H25NO2S. The molecule has 0 saturated heterocycles. The average Bonchev–Trinajstić information content (AvgIpc) is 2.20. The van der Waals surface area contributed by atoms with Gasteiger partial charge in [-0.3, -0.25) is 0 Å². The Morgan fingerprint density at radius 2 is 2.00 bits per heavy atom. The van der Waals surface area contributed by atoms with Crippen LogP contribution in [0.3, 0.4) is 0 Å². The number of hydrogen-bond donors (Lipinski definition) is 2. The highest BCUT2D eigenvalue weighted by Crippen LogP contribution is 2.19. The Balaban J connectivity index is 3.36. The van der Waals surface area contributed by atoms with Crippen molar-refractivity contribution in [1.29, 1.82) is 0 Å². The third-order valence-electron chi connectivity index (χ3n) is 2.35. The molecule has 4 heteroatoms. The molecule has 0 spiro atoms. The zero-order valence-electron chi connectivity index (χ0n) is 10.3. The van der Waals surface area contributed by atoms with Crippen molar-refractivity contribution in [2.75, 3.05) is 32.6 Å². The zero-order chi connectivity index (χ0) is 11.7. The fourth-order valence-electron chi connectivity index (χ4n) is 0.957. The summed E-state index contributed by atoms with van der Waals surface area (Å²) in [5.74, 6) is 1.47. The summed E-state index contributed by atoms with van der Waals surface area (Å²) < 4.78 is 4.90. The van der Waals surface area contributed by atoms with Crippen LogP contribution in [-0.2, 0) is 4.74 Å². The Morgan fingerprint density at radius 3 is 2.53 bits per heavy atom. The van der Waals surface area contributed by atoms with Gasteiger partial charge in [0.05, 0.1) is 12.7 Å². The highest BCUT2D eigenvalue weighted by Gasteiger charge is 2.10. The molecule has 0 aliphatic heterocycles. The van der Waals surface area contributed by atoms with Crippen molar-refractivity contribution >= 4 is 11.8 Å². The summed E-state index contributed by atoms with van der Waals surface area (Å²) in [6, 6.07) is 0. The minimum atomic E-state index is -0.256. The van der Waals surface area contributed by atoms with E-state index in [1.807, 2.05) is 11.8 Å². The van der Waals surface area contributed by atoms with E-state index in [1.165, 1.54) is 0 Å². The zero-order valence-corrected chi connectivity index (χ0v) is 11.1. The van der Waals surface area contributed by atoms with E-state index in [0.29, 0.717) is 24.3 Å². The summed E-state index contributed by atoms with van der Waals surface area (Å²) in [5.41, 5.74) is 0. The summed E-state index contributed by atoms with van der Waals surface area (Å²) in [5, 5.41) is 13.4. The molecular weight excluding hydrogens is 210 g/mol. The van der Waals surface area contributed by atoms with Crippen LogP contribution < -0.4 is 5.32 Å². The van der Waals surface area contributed by atoms with Gasteiger partial charge in [-0.2, -0.15) is 11.8 Å². The number of methoxy groups -OCH3 is 1. The van der Waals surface area contributed by atoms with Crippen molar-refractivity contribution in [2.24, 2.45) is 5.92 Å². The van der Waals surface area contributed by atoms with E-state index in [2.05, 4.69) is 26.1 Å². The van der Waals surface area contributed by atoms with Crippen LogP contribution >= 0.6 is 11.8 Å². The van der Waals surface area contributed by atoms with E-state index < -0.39 is 0 Å². The Labute approximate surface area is 98.0 Å². The Kier molecular flexibility index (Phi) is 9.60. The van der Waals surface area contributed by atoms with E-state index in [1.54, 1.807) is 7.11 Å². The van der Waals surface area contributed by atoms with Crippen LogP contribution in [0.2, 0.25) is 0 Å². The molecule has 2 N–H and O–H groups in total. The molecule has 0 fully saturated rings. The molecule has 15 heavy (non-hydrogen) atoms. The van der Waals surface area contributed by atoms with Crippen molar-refractivity contribution in [3.8, 4) is 0 Å². The predicted octanol–water partition coefficient (Wildman–Crippen LogP) is 1.36. The molecule has 0 aromatic rings. The second-order valence-electron chi connectivity index (χ2n) is 4.13. The number of aliphatic hydroxyl groups is 1. The lowest BCUT2D eigenvalue weighted by Crippen LogP contribution is -2.31. The Morgan fingerprint density at radius 1 is 1.33 bits per heavy atom. The molecule has 0 aromatic carbocycles. The maximum absolute atomic E-state index is 9.66. The first-order chi connectivity index (χ1) is 7.07. The van der Waals surface area contributed by atoms with Crippen LogP contribution in [0, 0.1) is 5.92 Å². The van der Waals surface area contributed by atoms with E-state index >= 15 is 0 Å². The maximum atomic E-state index is 9.66. The minimum Gasteiger partial charge on any atom is -0.391 e. The number of nitrogens with one attached hydrogen (secondary N) is 1. The summed E-state index contributed by atoms with van der Waals surface area (Å²) in [6.07, 6.45) is -0.256. The number of aliphatic hydroxyl groups excluding tert-OH is 1.